The Balaban J connectivity index is 0.000000180. The maximum Gasteiger partial charge on any atom is 0.357 e. The summed E-state index contributed by atoms with van der Waals surface area (Å²) in [4.78, 5) is 39.5. The molecule has 0 bridgehead atoms. The zero-order chi connectivity index (χ0) is 13.5. The smallest absolute Gasteiger partial charge is 0.357 e. The number of amides is 1. The second-order valence-electron chi connectivity index (χ2n) is 2.86. The number of rotatable bonds is 1. The zero-order valence-corrected chi connectivity index (χ0v) is 8.91. The van der Waals surface area contributed by atoms with E-state index in [4.69, 9.17) is 5.73 Å². The van der Waals surface area contributed by atoms with Crippen molar-refractivity contribution in [2.45, 2.75) is 0 Å². The number of nitrogens with zero attached hydrogens (tertiary/aromatic N) is 3. The largest absolute Gasteiger partial charge is 0.364 e. The number of carbonyl (C=O) groups excluding carboxylic acids is 1. The molecule has 0 atom stereocenters. The normalized spacial score (nSPS) is 9.17. The van der Waals surface area contributed by atoms with E-state index in [-0.39, 0.29) is 5.69 Å². The summed E-state index contributed by atoms with van der Waals surface area (Å²) in [7, 11) is 0. The van der Waals surface area contributed by atoms with Crippen molar-refractivity contribution in [1.29, 1.82) is 0 Å². The topological polar surface area (TPSA) is 124 Å². The average molecular weight is 253 g/mol. The molecule has 0 aliphatic heterocycles. The van der Waals surface area contributed by atoms with E-state index >= 15 is 0 Å². The van der Waals surface area contributed by atoms with Crippen molar-refractivity contribution in [3.63, 3.8) is 0 Å². The van der Waals surface area contributed by atoms with Gasteiger partial charge in [-0.15, -0.1) is 0 Å². The summed E-state index contributed by atoms with van der Waals surface area (Å²) >= 11 is 0. The number of carbonyl (C=O) groups is 1. The molecule has 0 aliphatic carbocycles. The number of primary amides is 1. The SMILES string of the molecule is NC(=O)c1cnccn1.O=c1cc[nH]c(=O)n1F. The van der Waals surface area contributed by atoms with E-state index in [1.165, 1.54) is 18.6 Å². The average Bonchev–Trinajstić information content (AvgIpc) is 2.38. The van der Waals surface area contributed by atoms with Gasteiger partial charge in [0.1, 0.15) is 5.69 Å². The van der Waals surface area contributed by atoms with Crippen molar-refractivity contribution in [3.8, 4) is 0 Å². The van der Waals surface area contributed by atoms with E-state index in [0.717, 1.165) is 12.3 Å². The van der Waals surface area contributed by atoms with Crippen LogP contribution < -0.4 is 17.0 Å². The van der Waals surface area contributed by atoms with Gasteiger partial charge < -0.3 is 10.7 Å². The molecule has 0 aliphatic rings. The van der Waals surface area contributed by atoms with Crippen LogP contribution in [0, 0.1) is 0 Å². The minimum Gasteiger partial charge on any atom is -0.364 e. The number of aromatic nitrogens is 4. The summed E-state index contributed by atoms with van der Waals surface area (Å²) in [6.07, 6.45) is 5.30. The van der Waals surface area contributed by atoms with Crippen LogP contribution in [0.25, 0.3) is 0 Å². The van der Waals surface area contributed by atoms with Gasteiger partial charge in [0, 0.05) is 24.7 Å². The summed E-state index contributed by atoms with van der Waals surface area (Å²) in [5.74, 6) is -0.553. The molecule has 18 heavy (non-hydrogen) atoms. The van der Waals surface area contributed by atoms with Crippen LogP contribution in [-0.4, -0.2) is 25.6 Å². The lowest BCUT2D eigenvalue weighted by Gasteiger charge is -1.87. The molecule has 0 radical (unpaired) electrons. The molecule has 2 heterocycles. The molecule has 3 N–H and O–H groups in total. The van der Waals surface area contributed by atoms with Crippen LogP contribution in [0.15, 0.2) is 40.4 Å². The number of nitrogens with two attached hydrogens (primary N) is 1. The molecule has 2 rings (SSSR count). The first kappa shape index (κ1) is 13.2. The van der Waals surface area contributed by atoms with Crippen molar-refractivity contribution in [2.75, 3.05) is 0 Å². The number of hydrogen-bond acceptors (Lipinski definition) is 5. The first-order chi connectivity index (χ1) is 8.52. The molecule has 0 aromatic carbocycles. The molecule has 94 valence electrons. The Kier molecular flexibility index (Phi) is 4.43. The first-order valence-corrected chi connectivity index (χ1v) is 4.55. The van der Waals surface area contributed by atoms with Crippen LogP contribution in [0.4, 0.5) is 4.48 Å². The fourth-order valence-corrected chi connectivity index (χ4v) is 0.833. The molecular weight excluding hydrogens is 245 g/mol. The van der Waals surface area contributed by atoms with E-state index in [0.29, 0.717) is 0 Å². The Morgan fingerprint density at radius 3 is 2.50 bits per heavy atom. The second-order valence-corrected chi connectivity index (χ2v) is 2.86. The van der Waals surface area contributed by atoms with Crippen molar-refractivity contribution in [1.82, 2.24) is 19.7 Å². The van der Waals surface area contributed by atoms with Crippen molar-refractivity contribution in [3.05, 3.63) is 57.4 Å². The van der Waals surface area contributed by atoms with Crippen molar-refractivity contribution >= 4 is 5.91 Å². The van der Waals surface area contributed by atoms with Gasteiger partial charge in [-0.1, -0.05) is 9.27 Å². The lowest BCUT2D eigenvalue weighted by molar-refractivity contribution is 0.0995. The fraction of sp³-hybridized carbons (Fsp3) is 0. The van der Waals surface area contributed by atoms with Crippen LogP contribution in [0.3, 0.4) is 0 Å². The standard InChI is InChI=1S/C5H5N3O.C4H3FN2O2/c6-5(9)4-3-7-1-2-8-4;5-7-3(8)1-2-6-4(7)9/h1-3H,(H2,6,9);1-2H,(H,6,9). The molecule has 9 heteroatoms. The Morgan fingerprint density at radius 2 is 2.11 bits per heavy atom. The Morgan fingerprint density at radius 1 is 1.39 bits per heavy atom. The summed E-state index contributed by atoms with van der Waals surface area (Å²) in [6.45, 7) is 0. The quantitative estimate of drug-likeness (QED) is 0.663. The lowest BCUT2D eigenvalue weighted by atomic mass is 10.4. The highest BCUT2D eigenvalue weighted by atomic mass is 19.2. The van der Waals surface area contributed by atoms with Gasteiger partial charge >= 0.3 is 5.69 Å². The maximum atomic E-state index is 12.0. The number of hydrogen-bond donors (Lipinski definition) is 2. The Bertz CT molecular complexity index is 608. The lowest BCUT2D eigenvalue weighted by Crippen LogP contribution is -2.28. The fourth-order valence-electron chi connectivity index (χ4n) is 0.833. The zero-order valence-electron chi connectivity index (χ0n) is 8.91. The monoisotopic (exact) mass is 253 g/mol. The number of H-pyrrole nitrogens is 1. The Labute approximate surface area is 98.9 Å². The van der Waals surface area contributed by atoms with E-state index in [1.807, 2.05) is 4.98 Å². The van der Waals surface area contributed by atoms with Gasteiger partial charge in [-0.25, -0.2) is 9.78 Å². The molecule has 1 amide bonds. The third kappa shape index (κ3) is 3.63. The molecule has 0 spiro atoms. The van der Waals surface area contributed by atoms with Gasteiger partial charge in [-0.2, -0.15) is 0 Å². The summed E-state index contributed by atoms with van der Waals surface area (Å²) in [5, 5.41) is 0. The van der Waals surface area contributed by atoms with Crippen LogP contribution in [0.1, 0.15) is 10.5 Å². The molecule has 2 aromatic rings. The van der Waals surface area contributed by atoms with E-state index < -0.39 is 21.9 Å². The number of halogens is 1. The summed E-state index contributed by atoms with van der Waals surface area (Å²) in [5.41, 5.74) is 3.05. The highest BCUT2D eigenvalue weighted by Crippen LogP contribution is 1.84. The minimum absolute atomic E-state index is 0.192. The predicted molar refractivity (Wildman–Crippen MR) is 58.4 cm³/mol. The van der Waals surface area contributed by atoms with Gasteiger partial charge in [0.15, 0.2) is 0 Å². The Hall–Kier alpha value is -2.84. The van der Waals surface area contributed by atoms with E-state index in [9.17, 15) is 18.9 Å². The molecule has 0 saturated heterocycles. The number of aromatic amines is 1. The molecule has 0 fully saturated rings. The predicted octanol–water partition coefficient (Wildman–Crippen LogP) is -1.16. The molecule has 0 unspecified atom stereocenters. The van der Waals surface area contributed by atoms with Crippen LogP contribution >= 0.6 is 0 Å². The number of nitrogens with one attached hydrogen (secondary N) is 1. The maximum absolute atomic E-state index is 12.0. The molecule has 2 aromatic heterocycles. The minimum atomic E-state index is -1.05. The van der Waals surface area contributed by atoms with Crippen LogP contribution in [0.2, 0.25) is 0 Å². The van der Waals surface area contributed by atoms with Crippen LogP contribution in [0.5, 0.6) is 0 Å². The summed E-state index contributed by atoms with van der Waals surface area (Å²) in [6, 6.07) is 0.918. The third-order valence-electron chi connectivity index (χ3n) is 1.62. The molecule has 0 saturated carbocycles. The first-order valence-electron chi connectivity index (χ1n) is 4.55. The molecule has 8 nitrogen and oxygen atoms in total. The highest BCUT2D eigenvalue weighted by Gasteiger charge is 1.97. The van der Waals surface area contributed by atoms with Gasteiger partial charge in [0.25, 0.3) is 11.5 Å². The van der Waals surface area contributed by atoms with Crippen molar-refractivity contribution in [2.24, 2.45) is 5.73 Å². The van der Waals surface area contributed by atoms with E-state index in [2.05, 4.69) is 9.97 Å². The van der Waals surface area contributed by atoms with Gasteiger partial charge in [0.05, 0.1) is 6.20 Å². The second kappa shape index (κ2) is 6.03. The van der Waals surface area contributed by atoms with Gasteiger partial charge in [0.2, 0.25) is 0 Å². The van der Waals surface area contributed by atoms with Crippen LogP contribution in [-0.2, 0) is 0 Å². The third-order valence-corrected chi connectivity index (χ3v) is 1.62. The molecular formula is C9H8FN5O3. The van der Waals surface area contributed by atoms with Gasteiger partial charge in [-0.05, 0) is 0 Å². The van der Waals surface area contributed by atoms with E-state index in [1.54, 1.807) is 0 Å². The van der Waals surface area contributed by atoms with Crippen molar-refractivity contribution < 1.29 is 9.28 Å². The highest BCUT2D eigenvalue weighted by molar-refractivity contribution is 5.90. The van der Waals surface area contributed by atoms with Gasteiger partial charge in [-0.3, -0.25) is 14.6 Å². The summed E-state index contributed by atoms with van der Waals surface area (Å²) < 4.78 is 12.0.